The van der Waals surface area contributed by atoms with Crippen LogP contribution in [0.5, 0.6) is 0 Å². The van der Waals surface area contributed by atoms with Gasteiger partial charge < -0.3 is 10.4 Å². The topological polar surface area (TPSA) is 49.3 Å². The van der Waals surface area contributed by atoms with Gasteiger partial charge in [-0.3, -0.25) is 4.79 Å². The minimum absolute atomic E-state index is 0.296. The maximum absolute atomic E-state index is 10.4. The van der Waals surface area contributed by atoms with Gasteiger partial charge >= 0.3 is 5.97 Å². The zero-order valence-corrected chi connectivity index (χ0v) is 10.1. The predicted octanol–water partition coefficient (Wildman–Crippen LogP) is 2.58. The SMILES string of the molecule is CC(CCNC1C=CCCC1)CCC(=O)O. The summed E-state index contributed by atoms with van der Waals surface area (Å²) in [5, 5.41) is 12.1. The molecule has 3 nitrogen and oxygen atoms in total. The summed E-state index contributed by atoms with van der Waals surface area (Å²) >= 11 is 0. The molecule has 1 rings (SSSR count). The second-order valence-electron chi connectivity index (χ2n) is 4.75. The summed E-state index contributed by atoms with van der Waals surface area (Å²) in [6.45, 7) is 3.12. The number of carbonyl (C=O) groups is 1. The first-order valence-electron chi connectivity index (χ1n) is 6.30. The van der Waals surface area contributed by atoms with E-state index >= 15 is 0 Å². The van der Waals surface area contributed by atoms with E-state index in [-0.39, 0.29) is 0 Å². The fourth-order valence-electron chi connectivity index (χ4n) is 2.01. The Bertz CT molecular complexity index is 238. The lowest BCUT2D eigenvalue weighted by Crippen LogP contribution is -2.30. The van der Waals surface area contributed by atoms with Crippen molar-refractivity contribution in [3.8, 4) is 0 Å². The van der Waals surface area contributed by atoms with E-state index in [2.05, 4.69) is 24.4 Å². The van der Waals surface area contributed by atoms with E-state index in [0.717, 1.165) is 19.4 Å². The second-order valence-corrected chi connectivity index (χ2v) is 4.75. The van der Waals surface area contributed by atoms with Crippen LogP contribution in [0, 0.1) is 5.92 Å². The van der Waals surface area contributed by atoms with Gasteiger partial charge in [-0.2, -0.15) is 0 Å². The number of rotatable bonds is 7. The summed E-state index contributed by atoms with van der Waals surface area (Å²) in [6.07, 6.45) is 10.4. The van der Waals surface area contributed by atoms with E-state index in [1.807, 2.05) is 0 Å². The lowest BCUT2D eigenvalue weighted by atomic mass is 10.00. The molecule has 16 heavy (non-hydrogen) atoms. The van der Waals surface area contributed by atoms with E-state index < -0.39 is 5.97 Å². The number of allylic oxidation sites excluding steroid dienone is 1. The normalized spacial score (nSPS) is 21.9. The van der Waals surface area contributed by atoms with E-state index in [9.17, 15) is 4.79 Å². The van der Waals surface area contributed by atoms with Crippen LogP contribution in [0.1, 0.15) is 45.4 Å². The Morgan fingerprint density at radius 3 is 3.00 bits per heavy atom. The maximum Gasteiger partial charge on any atom is 0.303 e. The van der Waals surface area contributed by atoms with Crippen LogP contribution >= 0.6 is 0 Å². The lowest BCUT2D eigenvalue weighted by molar-refractivity contribution is -0.137. The molecule has 0 fully saturated rings. The Balaban J connectivity index is 2.03. The van der Waals surface area contributed by atoms with Gasteiger partial charge in [-0.1, -0.05) is 19.1 Å². The van der Waals surface area contributed by atoms with Gasteiger partial charge in [0.2, 0.25) is 0 Å². The second kappa shape index (κ2) is 7.44. The van der Waals surface area contributed by atoms with Gasteiger partial charge in [0.15, 0.2) is 0 Å². The Hall–Kier alpha value is -0.830. The number of aliphatic carboxylic acids is 1. The number of nitrogens with one attached hydrogen (secondary N) is 1. The minimum Gasteiger partial charge on any atom is -0.481 e. The first-order chi connectivity index (χ1) is 7.68. The molecule has 2 N–H and O–H groups in total. The molecule has 0 aromatic rings. The predicted molar refractivity (Wildman–Crippen MR) is 65.4 cm³/mol. The molecule has 0 radical (unpaired) electrons. The highest BCUT2D eigenvalue weighted by atomic mass is 16.4. The standard InChI is InChI=1S/C13H23NO2/c1-11(7-8-13(15)16)9-10-14-12-5-3-2-4-6-12/h3,5,11-12,14H,2,4,6-10H2,1H3,(H,15,16). The smallest absolute Gasteiger partial charge is 0.303 e. The molecule has 0 saturated heterocycles. The molecule has 0 bridgehead atoms. The molecule has 0 amide bonds. The van der Waals surface area contributed by atoms with Crippen molar-refractivity contribution in [3.05, 3.63) is 12.2 Å². The summed E-state index contributed by atoms with van der Waals surface area (Å²) in [5.74, 6) is -0.189. The van der Waals surface area contributed by atoms with Crippen LogP contribution in [0.25, 0.3) is 0 Å². The van der Waals surface area contributed by atoms with Gasteiger partial charge in [0, 0.05) is 12.5 Å². The molecule has 0 spiro atoms. The quantitative estimate of drug-likeness (QED) is 0.655. The van der Waals surface area contributed by atoms with Crippen LogP contribution in [0.2, 0.25) is 0 Å². The summed E-state index contributed by atoms with van der Waals surface area (Å²) in [5.41, 5.74) is 0. The zero-order chi connectivity index (χ0) is 11.8. The number of carboxylic acids is 1. The van der Waals surface area contributed by atoms with Crippen LogP contribution in [0.4, 0.5) is 0 Å². The zero-order valence-electron chi connectivity index (χ0n) is 10.1. The van der Waals surface area contributed by atoms with Crippen LogP contribution < -0.4 is 5.32 Å². The molecule has 0 aromatic carbocycles. The molecule has 1 aliphatic rings. The van der Waals surface area contributed by atoms with Crippen molar-refractivity contribution in [2.75, 3.05) is 6.54 Å². The number of hydrogen-bond acceptors (Lipinski definition) is 2. The Morgan fingerprint density at radius 2 is 2.38 bits per heavy atom. The highest BCUT2D eigenvalue weighted by Crippen LogP contribution is 2.12. The lowest BCUT2D eigenvalue weighted by Gasteiger charge is -2.19. The van der Waals surface area contributed by atoms with Crippen molar-refractivity contribution >= 4 is 5.97 Å². The average Bonchev–Trinajstić information content (AvgIpc) is 2.28. The summed E-state index contributed by atoms with van der Waals surface area (Å²) < 4.78 is 0. The fourth-order valence-corrected chi connectivity index (χ4v) is 2.01. The molecule has 1 aliphatic carbocycles. The molecule has 0 aromatic heterocycles. The van der Waals surface area contributed by atoms with Crippen LogP contribution in [0.3, 0.4) is 0 Å². The molecule has 92 valence electrons. The van der Waals surface area contributed by atoms with Crippen LogP contribution in [0.15, 0.2) is 12.2 Å². The number of carboxylic acid groups (broad SMARTS) is 1. The first kappa shape index (κ1) is 13.2. The average molecular weight is 225 g/mol. The van der Waals surface area contributed by atoms with E-state index in [0.29, 0.717) is 18.4 Å². The summed E-state index contributed by atoms with van der Waals surface area (Å²) in [6, 6.07) is 0.542. The molecule has 0 aliphatic heterocycles. The van der Waals surface area contributed by atoms with Gasteiger partial charge in [0.25, 0.3) is 0 Å². The van der Waals surface area contributed by atoms with Gasteiger partial charge in [0.1, 0.15) is 0 Å². The molecule has 0 heterocycles. The molecular weight excluding hydrogens is 202 g/mol. The summed E-state index contributed by atoms with van der Waals surface area (Å²) in [4.78, 5) is 10.4. The van der Waals surface area contributed by atoms with Crippen molar-refractivity contribution < 1.29 is 9.90 Å². The highest BCUT2D eigenvalue weighted by molar-refractivity contribution is 5.66. The Kier molecular flexibility index (Phi) is 6.16. The van der Waals surface area contributed by atoms with Gasteiger partial charge in [0.05, 0.1) is 0 Å². The molecular formula is C13H23NO2. The van der Waals surface area contributed by atoms with Crippen molar-refractivity contribution in [2.24, 2.45) is 5.92 Å². The molecule has 2 unspecified atom stereocenters. The van der Waals surface area contributed by atoms with E-state index in [1.54, 1.807) is 0 Å². The van der Waals surface area contributed by atoms with Crippen molar-refractivity contribution in [2.45, 2.75) is 51.5 Å². The molecule has 2 atom stereocenters. The van der Waals surface area contributed by atoms with Gasteiger partial charge in [-0.15, -0.1) is 0 Å². The molecule has 3 heteroatoms. The van der Waals surface area contributed by atoms with Crippen LogP contribution in [-0.2, 0) is 4.79 Å². The highest BCUT2D eigenvalue weighted by Gasteiger charge is 2.09. The third-order valence-corrected chi connectivity index (χ3v) is 3.15. The third kappa shape index (κ3) is 5.91. The van der Waals surface area contributed by atoms with Crippen molar-refractivity contribution in [1.82, 2.24) is 5.32 Å². The third-order valence-electron chi connectivity index (χ3n) is 3.15. The summed E-state index contributed by atoms with van der Waals surface area (Å²) in [7, 11) is 0. The maximum atomic E-state index is 10.4. The van der Waals surface area contributed by atoms with E-state index in [4.69, 9.17) is 5.11 Å². The van der Waals surface area contributed by atoms with E-state index in [1.165, 1.54) is 19.3 Å². The first-order valence-corrected chi connectivity index (χ1v) is 6.30. The largest absolute Gasteiger partial charge is 0.481 e. The van der Waals surface area contributed by atoms with Crippen LogP contribution in [-0.4, -0.2) is 23.7 Å². The minimum atomic E-state index is -0.685. The van der Waals surface area contributed by atoms with Gasteiger partial charge in [-0.05, 0) is 44.6 Å². The van der Waals surface area contributed by atoms with Crippen molar-refractivity contribution in [3.63, 3.8) is 0 Å². The molecule has 0 saturated carbocycles. The van der Waals surface area contributed by atoms with Gasteiger partial charge in [-0.25, -0.2) is 0 Å². The Morgan fingerprint density at radius 1 is 1.56 bits per heavy atom. The fraction of sp³-hybridized carbons (Fsp3) is 0.769. The Labute approximate surface area is 97.9 Å². The monoisotopic (exact) mass is 225 g/mol. The number of hydrogen-bond donors (Lipinski definition) is 2. The van der Waals surface area contributed by atoms with Crippen molar-refractivity contribution in [1.29, 1.82) is 0 Å².